The van der Waals surface area contributed by atoms with Crippen LogP contribution in [0.5, 0.6) is 11.5 Å². The van der Waals surface area contributed by atoms with Gasteiger partial charge >= 0.3 is 0 Å². The molecular weight excluding hydrogens is 579 g/mol. The van der Waals surface area contributed by atoms with Gasteiger partial charge < -0.3 is 29.7 Å². The van der Waals surface area contributed by atoms with Gasteiger partial charge in [0.05, 0.1) is 54.4 Å². The summed E-state index contributed by atoms with van der Waals surface area (Å²) in [6, 6.07) is 11.5. The molecule has 0 unspecified atom stereocenters. The molecule has 2 N–H and O–H groups in total. The first-order chi connectivity index (χ1) is 20.4. The Morgan fingerprint density at radius 2 is 1.71 bits per heavy atom. The molecule has 0 radical (unpaired) electrons. The second-order valence-corrected chi connectivity index (χ2v) is 10.5. The zero-order valence-electron chi connectivity index (χ0n) is 23.2. The molecule has 6 rings (SSSR count). The summed E-state index contributed by atoms with van der Waals surface area (Å²) in [6.07, 6.45) is 5.34. The smallest absolute Gasteiger partial charge is 0.221 e. The van der Waals surface area contributed by atoms with Crippen molar-refractivity contribution in [2.75, 3.05) is 56.1 Å². The third-order valence-corrected chi connectivity index (χ3v) is 7.90. The lowest BCUT2D eigenvalue weighted by Crippen LogP contribution is -2.36. The first kappa shape index (κ1) is 27.9. The van der Waals surface area contributed by atoms with Crippen molar-refractivity contribution in [3.05, 3.63) is 65.0 Å². The Labute approximate surface area is 252 Å². The van der Waals surface area contributed by atoms with Gasteiger partial charge in [0.25, 0.3) is 0 Å². The van der Waals surface area contributed by atoms with Crippen LogP contribution in [0.25, 0.3) is 27.7 Å². The van der Waals surface area contributed by atoms with Gasteiger partial charge in [-0.3, -0.25) is 9.20 Å². The number of ether oxygens (including phenoxy) is 3. The summed E-state index contributed by atoms with van der Waals surface area (Å²) in [6.45, 7) is 4.42. The summed E-state index contributed by atoms with van der Waals surface area (Å²) in [5.41, 5.74) is 5.15. The van der Waals surface area contributed by atoms with Gasteiger partial charge in [-0.15, -0.1) is 0 Å². The Balaban J connectivity index is 1.42. The van der Waals surface area contributed by atoms with E-state index in [2.05, 4.69) is 25.5 Å². The third kappa shape index (κ3) is 5.13. The monoisotopic (exact) mass is 606 g/mol. The molecule has 0 atom stereocenters. The molecule has 5 aromatic rings. The van der Waals surface area contributed by atoms with Crippen molar-refractivity contribution in [3.63, 3.8) is 0 Å². The van der Waals surface area contributed by atoms with E-state index in [1.54, 1.807) is 18.5 Å². The highest BCUT2D eigenvalue weighted by Crippen LogP contribution is 2.47. The summed E-state index contributed by atoms with van der Waals surface area (Å²) < 4.78 is 18.4. The standard InChI is InChI=1S/C30H28Cl2N6O4/c1-17(39)35-22-13-19(37-8-10-42-11-9-37)4-5-21(22)36-26-14-23-18(16-34-26)12-20(30-33-6-7-38(23)30)27-28(31)24(40-2)15-25(41-3)29(27)32/h4-7,12-16H,8-11H2,1-3H3,(H,34,36)(H,35,39). The maximum atomic E-state index is 12.0. The highest BCUT2D eigenvalue weighted by Gasteiger charge is 2.22. The van der Waals surface area contributed by atoms with E-state index >= 15 is 0 Å². The average molecular weight is 607 g/mol. The number of carbonyl (C=O) groups excluding carboxylic acids is 1. The molecule has 10 nitrogen and oxygen atoms in total. The van der Waals surface area contributed by atoms with Crippen molar-refractivity contribution in [1.82, 2.24) is 14.4 Å². The number of benzene rings is 2. The third-order valence-electron chi connectivity index (χ3n) is 7.15. The molecule has 2 aromatic carbocycles. The minimum Gasteiger partial charge on any atom is -0.495 e. The zero-order valence-corrected chi connectivity index (χ0v) is 24.7. The molecule has 0 saturated carbocycles. The number of hydrogen-bond acceptors (Lipinski definition) is 8. The fraction of sp³-hybridized carbons (Fsp3) is 0.233. The highest BCUT2D eigenvalue weighted by atomic mass is 35.5. The van der Waals surface area contributed by atoms with Gasteiger partial charge in [-0.25, -0.2) is 9.97 Å². The first-order valence-electron chi connectivity index (χ1n) is 13.3. The number of nitrogens with one attached hydrogen (secondary N) is 2. The van der Waals surface area contributed by atoms with Crippen molar-refractivity contribution < 1.29 is 19.0 Å². The van der Waals surface area contributed by atoms with Crippen molar-refractivity contribution >= 4 is 68.5 Å². The number of anilines is 4. The molecule has 1 aliphatic heterocycles. The molecule has 216 valence electrons. The number of carbonyl (C=O) groups is 1. The number of imidazole rings is 1. The number of fused-ring (bicyclic) bond motifs is 3. The minimum atomic E-state index is -0.164. The average Bonchev–Trinajstić information content (AvgIpc) is 3.49. The number of hydrogen-bond donors (Lipinski definition) is 2. The number of pyridine rings is 2. The van der Waals surface area contributed by atoms with E-state index in [0.717, 1.165) is 35.4 Å². The minimum absolute atomic E-state index is 0.164. The highest BCUT2D eigenvalue weighted by molar-refractivity contribution is 6.41. The molecule has 1 amide bonds. The Kier molecular flexibility index (Phi) is 7.68. The Morgan fingerprint density at radius 1 is 0.976 bits per heavy atom. The van der Waals surface area contributed by atoms with E-state index < -0.39 is 0 Å². The molecule has 42 heavy (non-hydrogen) atoms. The van der Waals surface area contributed by atoms with Crippen molar-refractivity contribution in [2.24, 2.45) is 0 Å². The number of nitrogens with zero attached hydrogens (tertiary/aromatic N) is 4. The number of morpholine rings is 1. The Hall–Kier alpha value is -4.25. The Morgan fingerprint density at radius 3 is 2.40 bits per heavy atom. The molecular formula is C30H28Cl2N6O4. The fourth-order valence-electron chi connectivity index (χ4n) is 5.16. The van der Waals surface area contributed by atoms with Crippen LogP contribution in [0.1, 0.15) is 6.92 Å². The number of amides is 1. The summed E-state index contributed by atoms with van der Waals surface area (Å²) in [7, 11) is 3.08. The maximum absolute atomic E-state index is 12.0. The summed E-state index contributed by atoms with van der Waals surface area (Å²) in [5.74, 6) is 1.30. The molecule has 12 heteroatoms. The number of aromatic nitrogens is 3. The quantitative estimate of drug-likeness (QED) is 0.219. The van der Waals surface area contributed by atoms with Crippen LogP contribution in [0.4, 0.5) is 22.9 Å². The van der Waals surface area contributed by atoms with Crippen LogP contribution in [-0.4, -0.2) is 60.8 Å². The maximum Gasteiger partial charge on any atom is 0.221 e. The molecule has 0 bridgehead atoms. The predicted octanol–water partition coefficient (Wildman–Crippen LogP) is 6.41. The second kappa shape index (κ2) is 11.6. The largest absolute Gasteiger partial charge is 0.495 e. The predicted molar refractivity (Wildman–Crippen MR) is 166 cm³/mol. The van der Waals surface area contributed by atoms with Gasteiger partial charge in [0, 0.05) is 72.9 Å². The van der Waals surface area contributed by atoms with Gasteiger partial charge in [-0.05, 0) is 24.3 Å². The van der Waals surface area contributed by atoms with Crippen molar-refractivity contribution in [1.29, 1.82) is 0 Å². The zero-order chi connectivity index (χ0) is 29.4. The van der Waals surface area contributed by atoms with Gasteiger partial charge in [0.15, 0.2) is 0 Å². The molecule has 0 spiro atoms. The van der Waals surface area contributed by atoms with Gasteiger partial charge in [0.2, 0.25) is 5.91 Å². The van der Waals surface area contributed by atoms with E-state index in [0.29, 0.717) is 63.0 Å². The van der Waals surface area contributed by atoms with Crippen molar-refractivity contribution in [3.8, 4) is 22.6 Å². The Bertz CT molecular complexity index is 1790. The van der Waals surface area contributed by atoms with Crippen LogP contribution in [-0.2, 0) is 9.53 Å². The normalized spacial score (nSPS) is 13.4. The number of methoxy groups -OCH3 is 2. The van der Waals surface area contributed by atoms with Crippen LogP contribution in [0.15, 0.2) is 55.0 Å². The van der Waals surface area contributed by atoms with Gasteiger partial charge in [0.1, 0.15) is 23.0 Å². The first-order valence-corrected chi connectivity index (χ1v) is 14.0. The van der Waals surface area contributed by atoms with Crippen LogP contribution in [0.3, 0.4) is 0 Å². The summed E-state index contributed by atoms with van der Waals surface area (Å²) in [5, 5.41) is 7.85. The second-order valence-electron chi connectivity index (χ2n) is 9.73. The van der Waals surface area contributed by atoms with E-state index in [1.165, 1.54) is 21.1 Å². The van der Waals surface area contributed by atoms with Crippen LogP contribution >= 0.6 is 23.2 Å². The van der Waals surface area contributed by atoms with Crippen LogP contribution in [0, 0.1) is 0 Å². The fourth-order valence-corrected chi connectivity index (χ4v) is 5.86. The SMILES string of the molecule is COc1cc(OC)c(Cl)c(-c2cc3cnc(Nc4ccc(N5CCOCC5)cc4NC(C)=O)cc3n3ccnc23)c1Cl. The molecule has 1 saturated heterocycles. The number of halogens is 2. The van der Waals surface area contributed by atoms with Crippen LogP contribution in [0.2, 0.25) is 10.0 Å². The van der Waals surface area contributed by atoms with E-state index in [4.69, 9.17) is 37.4 Å². The molecule has 1 fully saturated rings. The summed E-state index contributed by atoms with van der Waals surface area (Å²) in [4.78, 5) is 23.6. The van der Waals surface area contributed by atoms with Gasteiger partial charge in [-0.2, -0.15) is 0 Å². The molecule has 4 heterocycles. The number of rotatable bonds is 7. The molecule has 0 aliphatic carbocycles. The lowest BCUT2D eigenvalue weighted by Gasteiger charge is -2.29. The lowest BCUT2D eigenvalue weighted by atomic mass is 10.0. The van der Waals surface area contributed by atoms with E-state index in [-0.39, 0.29) is 5.91 Å². The van der Waals surface area contributed by atoms with E-state index in [9.17, 15) is 4.79 Å². The van der Waals surface area contributed by atoms with Crippen LogP contribution < -0.4 is 25.0 Å². The van der Waals surface area contributed by atoms with E-state index in [1.807, 2.05) is 40.9 Å². The molecule has 1 aliphatic rings. The van der Waals surface area contributed by atoms with Crippen molar-refractivity contribution in [2.45, 2.75) is 6.92 Å². The topological polar surface area (TPSA) is 102 Å². The van der Waals surface area contributed by atoms with Gasteiger partial charge in [-0.1, -0.05) is 23.2 Å². The summed E-state index contributed by atoms with van der Waals surface area (Å²) >= 11 is 13.5. The molecule has 3 aromatic heterocycles. The lowest BCUT2D eigenvalue weighted by molar-refractivity contribution is -0.114.